The largest absolute Gasteiger partial charge is 0.325 e. The summed E-state index contributed by atoms with van der Waals surface area (Å²) in [6, 6.07) is 11.3. The monoisotopic (exact) mass is 457 g/mol. The molecule has 1 aliphatic rings. The minimum Gasteiger partial charge on any atom is -0.325 e. The number of carbonyl (C=O) groups excluding carboxylic acids is 2. The van der Waals surface area contributed by atoms with Crippen LogP contribution in [0.2, 0.25) is 0 Å². The van der Waals surface area contributed by atoms with Crippen LogP contribution in [-0.2, 0) is 26.0 Å². The van der Waals surface area contributed by atoms with Crippen molar-refractivity contribution in [1.29, 1.82) is 0 Å². The van der Waals surface area contributed by atoms with E-state index in [0.717, 1.165) is 16.8 Å². The molecule has 0 saturated carbocycles. The number of hydrogen-bond donors (Lipinski definition) is 2. The summed E-state index contributed by atoms with van der Waals surface area (Å²) in [6.07, 6.45) is 0.596. The van der Waals surface area contributed by atoms with Gasteiger partial charge >= 0.3 is 0 Å². The van der Waals surface area contributed by atoms with Crippen LogP contribution in [0, 0.1) is 5.92 Å². The summed E-state index contributed by atoms with van der Waals surface area (Å²) in [6.45, 7) is 9.80. The van der Waals surface area contributed by atoms with Gasteiger partial charge in [0, 0.05) is 24.8 Å². The molecule has 0 unspecified atom stereocenters. The number of anilines is 2. The van der Waals surface area contributed by atoms with Crippen LogP contribution >= 0.6 is 0 Å². The van der Waals surface area contributed by atoms with Crippen molar-refractivity contribution in [3.63, 3.8) is 0 Å². The number of amides is 2. The fourth-order valence-electron chi connectivity index (χ4n) is 3.77. The molecule has 2 aromatic carbocycles. The molecule has 1 atom stereocenters. The Bertz CT molecular complexity index is 1110. The molecule has 1 heterocycles. The molecule has 0 radical (unpaired) electrons. The molecule has 3 rings (SSSR count). The Kier molecular flexibility index (Phi) is 7.05. The molecular formula is C24H31N3O4S. The van der Waals surface area contributed by atoms with E-state index in [1.165, 1.54) is 13.0 Å². The molecule has 0 bridgehead atoms. The van der Waals surface area contributed by atoms with Gasteiger partial charge in [0.2, 0.25) is 21.8 Å². The second-order valence-corrected chi connectivity index (χ2v) is 10.5. The molecule has 0 aliphatic carbocycles. The zero-order valence-corrected chi connectivity index (χ0v) is 20.0. The first-order chi connectivity index (χ1) is 15.0. The number of rotatable bonds is 7. The predicted octanol–water partition coefficient (Wildman–Crippen LogP) is 3.66. The maximum atomic E-state index is 13.1. The normalized spacial score (nSPS) is 14.5. The summed E-state index contributed by atoms with van der Waals surface area (Å²) in [5.74, 6) is -0.368. The number of nitrogens with zero attached hydrogens (tertiary/aromatic N) is 1. The number of carbonyl (C=O) groups is 2. The topological polar surface area (TPSA) is 95.6 Å². The Balaban J connectivity index is 1.77. The number of nitrogens with one attached hydrogen (secondary N) is 2. The van der Waals surface area contributed by atoms with Crippen molar-refractivity contribution in [3.8, 4) is 0 Å². The van der Waals surface area contributed by atoms with Crippen LogP contribution < -0.4 is 14.9 Å². The van der Waals surface area contributed by atoms with E-state index in [2.05, 4.69) is 23.9 Å². The van der Waals surface area contributed by atoms with E-state index in [1.54, 1.807) is 30.9 Å². The molecule has 8 heteroatoms. The summed E-state index contributed by atoms with van der Waals surface area (Å²) in [7, 11) is -3.93. The maximum absolute atomic E-state index is 13.1. The Labute approximate surface area is 190 Å². The van der Waals surface area contributed by atoms with Gasteiger partial charge < -0.3 is 10.2 Å². The van der Waals surface area contributed by atoms with Gasteiger partial charge in [0.25, 0.3) is 0 Å². The van der Waals surface area contributed by atoms with Crippen LogP contribution in [0.3, 0.4) is 0 Å². The van der Waals surface area contributed by atoms with Crippen LogP contribution in [0.1, 0.15) is 51.7 Å². The van der Waals surface area contributed by atoms with E-state index in [4.69, 9.17) is 0 Å². The SMILES string of the molecule is CC(=O)N1CCc2cc(S(=O)(=O)N[C@@H](C(=O)Nc3ccc(C(C)C)cc3)C(C)C)ccc21. The molecular weight excluding hydrogens is 426 g/mol. The predicted molar refractivity (Wildman–Crippen MR) is 126 cm³/mol. The van der Waals surface area contributed by atoms with Crippen molar-refractivity contribution in [2.75, 3.05) is 16.8 Å². The number of hydrogen-bond acceptors (Lipinski definition) is 4. The van der Waals surface area contributed by atoms with Crippen molar-refractivity contribution in [3.05, 3.63) is 53.6 Å². The van der Waals surface area contributed by atoms with Gasteiger partial charge in [0.1, 0.15) is 6.04 Å². The highest BCUT2D eigenvalue weighted by molar-refractivity contribution is 7.89. The molecule has 0 fully saturated rings. The molecule has 32 heavy (non-hydrogen) atoms. The van der Waals surface area contributed by atoms with Gasteiger partial charge in [-0.2, -0.15) is 4.72 Å². The molecule has 1 aliphatic heterocycles. The van der Waals surface area contributed by atoms with Crippen LogP contribution in [-0.4, -0.2) is 32.8 Å². The molecule has 0 aromatic heterocycles. The lowest BCUT2D eigenvalue weighted by Crippen LogP contribution is -2.47. The Morgan fingerprint density at radius 2 is 1.66 bits per heavy atom. The van der Waals surface area contributed by atoms with Gasteiger partial charge in [-0.25, -0.2) is 8.42 Å². The molecule has 2 amide bonds. The van der Waals surface area contributed by atoms with Gasteiger partial charge in [-0.1, -0.05) is 39.8 Å². The smallest absolute Gasteiger partial charge is 0.242 e. The summed E-state index contributed by atoms with van der Waals surface area (Å²) in [5, 5.41) is 2.81. The molecule has 172 valence electrons. The van der Waals surface area contributed by atoms with E-state index < -0.39 is 22.0 Å². The summed E-state index contributed by atoms with van der Waals surface area (Å²) in [5.41, 5.74) is 3.31. The zero-order chi connectivity index (χ0) is 23.6. The quantitative estimate of drug-likeness (QED) is 0.663. The summed E-state index contributed by atoms with van der Waals surface area (Å²) < 4.78 is 28.7. The maximum Gasteiger partial charge on any atom is 0.242 e. The first kappa shape index (κ1) is 23.9. The first-order valence-corrected chi connectivity index (χ1v) is 12.3. The lowest BCUT2D eigenvalue weighted by atomic mass is 10.0. The molecule has 0 saturated heterocycles. The number of benzene rings is 2. The van der Waals surface area contributed by atoms with Crippen LogP contribution in [0.5, 0.6) is 0 Å². The second-order valence-electron chi connectivity index (χ2n) is 8.82. The van der Waals surface area contributed by atoms with Gasteiger partial charge in [0.05, 0.1) is 4.90 Å². The lowest BCUT2D eigenvalue weighted by Gasteiger charge is -2.22. The number of sulfonamides is 1. The van der Waals surface area contributed by atoms with E-state index in [-0.39, 0.29) is 16.7 Å². The second kappa shape index (κ2) is 9.42. The highest BCUT2D eigenvalue weighted by Crippen LogP contribution is 2.30. The third-order valence-electron chi connectivity index (χ3n) is 5.71. The summed E-state index contributed by atoms with van der Waals surface area (Å²) >= 11 is 0. The number of fused-ring (bicyclic) bond motifs is 1. The van der Waals surface area contributed by atoms with Crippen molar-refractivity contribution < 1.29 is 18.0 Å². The fourth-order valence-corrected chi connectivity index (χ4v) is 5.17. The Hall–Kier alpha value is -2.71. The molecule has 2 N–H and O–H groups in total. The third-order valence-corrected chi connectivity index (χ3v) is 7.15. The average molecular weight is 458 g/mol. The van der Waals surface area contributed by atoms with Gasteiger partial charge in [-0.05, 0) is 59.7 Å². The Morgan fingerprint density at radius 1 is 1.00 bits per heavy atom. The average Bonchev–Trinajstić information content (AvgIpc) is 3.16. The highest BCUT2D eigenvalue weighted by Gasteiger charge is 2.30. The van der Waals surface area contributed by atoms with E-state index in [1.807, 2.05) is 24.3 Å². The van der Waals surface area contributed by atoms with E-state index in [9.17, 15) is 18.0 Å². The minimum atomic E-state index is -3.93. The van der Waals surface area contributed by atoms with Gasteiger partial charge in [-0.15, -0.1) is 0 Å². The van der Waals surface area contributed by atoms with Crippen LogP contribution in [0.4, 0.5) is 11.4 Å². The van der Waals surface area contributed by atoms with Gasteiger partial charge in [-0.3, -0.25) is 9.59 Å². The molecule has 7 nitrogen and oxygen atoms in total. The zero-order valence-electron chi connectivity index (χ0n) is 19.2. The summed E-state index contributed by atoms with van der Waals surface area (Å²) in [4.78, 5) is 26.4. The fraction of sp³-hybridized carbons (Fsp3) is 0.417. The van der Waals surface area contributed by atoms with Gasteiger partial charge in [0.15, 0.2) is 0 Å². The molecule has 0 spiro atoms. The van der Waals surface area contributed by atoms with Crippen molar-refractivity contribution in [2.45, 2.75) is 57.9 Å². The van der Waals surface area contributed by atoms with E-state index in [0.29, 0.717) is 24.6 Å². The van der Waals surface area contributed by atoms with Crippen molar-refractivity contribution in [1.82, 2.24) is 4.72 Å². The lowest BCUT2D eigenvalue weighted by molar-refractivity contribution is -0.118. The van der Waals surface area contributed by atoms with Crippen LogP contribution in [0.15, 0.2) is 47.4 Å². The Morgan fingerprint density at radius 3 is 2.22 bits per heavy atom. The minimum absolute atomic E-state index is 0.0737. The third kappa shape index (κ3) is 5.19. The highest BCUT2D eigenvalue weighted by atomic mass is 32.2. The van der Waals surface area contributed by atoms with E-state index >= 15 is 0 Å². The van der Waals surface area contributed by atoms with Crippen molar-refractivity contribution in [2.24, 2.45) is 5.92 Å². The standard InChI is InChI=1S/C24H31N3O4S/c1-15(2)18-6-8-20(9-7-18)25-24(29)23(16(3)4)26-32(30,31)21-10-11-22-19(14-21)12-13-27(22)17(5)28/h6-11,14-16,23,26H,12-13H2,1-5H3,(H,25,29)/t23-/m1/s1. The van der Waals surface area contributed by atoms with Crippen molar-refractivity contribution >= 4 is 33.2 Å². The molecule has 2 aromatic rings. The first-order valence-electron chi connectivity index (χ1n) is 10.8. The van der Waals surface area contributed by atoms with Crippen LogP contribution in [0.25, 0.3) is 0 Å².